The largest absolute Gasteiger partial charge is 0.213 e. The van der Waals surface area contributed by atoms with E-state index in [1.54, 1.807) is 11.1 Å². The summed E-state index contributed by atoms with van der Waals surface area (Å²) in [6.07, 6.45) is 22.5. The van der Waals surface area contributed by atoms with Crippen LogP contribution in [0.5, 0.6) is 0 Å². The molecule has 2 fully saturated rings. The number of nitrogens with zero attached hydrogens (tertiary/aromatic N) is 4. The van der Waals surface area contributed by atoms with E-state index in [0.717, 1.165) is 18.3 Å². The van der Waals surface area contributed by atoms with Gasteiger partial charge in [0, 0.05) is 69.3 Å². The van der Waals surface area contributed by atoms with Crippen LogP contribution in [-0.4, -0.2) is 0 Å². The van der Waals surface area contributed by atoms with Gasteiger partial charge in [-0.25, -0.2) is 18.3 Å². The van der Waals surface area contributed by atoms with Crippen LogP contribution >= 0.6 is 0 Å². The van der Waals surface area contributed by atoms with Gasteiger partial charge in [-0.2, -0.15) is 0 Å². The number of rotatable bonds is 12. The van der Waals surface area contributed by atoms with E-state index in [2.05, 4.69) is 401 Å². The first-order valence-corrected chi connectivity index (χ1v) is 41.4. The fourth-order valence-corrected chi connectivity index (χ4v) is 18.0. The summed E-state index contributed by atoms with van der Waals surface area (Å²) < 4.78 is 9.12. The molecular weight excluding hydrogens is 1350 g/mol. The van der Waals surface area contributed by atoms with Gasteiger partial charge in [-0.05, 0) is 304 Å². The molecule has 4 heterocycles. The third-order valence-electron chi connectivity index (χ3n) is 24.2. The van der Waals surface area contributed by atoms with Crippen LogP contribution in [0, 0.1) is 102 Å². The Bertz CT molecular complexity index is 5550. The molecule has 2 aliphatic rings. The Balaban J connectivity index is 0.000000139. The van der Waals surface area contributed by atoms with E-state index < -0.39 is 0 Å². The third kappa shape index (κ3) is 18.7. The van der Waals surface area contributed by atoms with Crippen molar-refractivity contribution >= 4 is 0 Å². The molecule has 2 aliphatic carbocycles. The summed E-state index contributed by atoms with van der Waals surface area (Å²) >= 11 is 0. The second kappa shape index (κ2) is 35.5. The highest BCUT2D eigenvalue weighted by Gasteiger charge is 2.28. The monoisotopic (exact) mass is 1480 g/mol. The lowest BCUT2D eigenvalue weighted by Gasteiger charge is -2.23. The topological polar surface area (TPSA) is 15.5 Å². The van der Waals surface area contributed by atoms with E-state index in [0.29, 0.717) is 0 Å². The molecule has 0 bridgehead atoms. The zero-order valence-corrected chi connectivity index (χ0v) is 71.5. The predicted molar refractivity (Wildman–Crippen MR) is 476 cm³/mol. The molecule has 0 saturated heterocycles. The molecule has 112 heavy (non-hydrogen) atoms. The Labute approximate surface area is 673 Å². The maximum Gasteiger partial charge on any atom is 0.213 e. The molecule has 15 rings (SSSR count). The van der Waals surface area contributed by atoms with E-state index >= 15 is 0 Å². The van der Waals surface area contributed by atoms with Gasteiger partial charge in [-0.1, -0.05) is 211 Å². The Morgan fingerprint density at radius 3 is 1.00 bits per heavy atom. The van der Waals surface area contributed by atoms with Crippen molar-refractivity contribution in [2.45, 2.75) is 194 Å². The molecule has 0 aliphatic heterocycles. The highest BCUT2D eigenvalue weighted by molar-refractivity contribution is 5.82. The molecule has 4 aromatic heterocycles. The van der Waals surface area contributed by atoms with Gasteiger partial charge in [0.25, 0.3) is 0 Å². The third-order valence-corrected chi connectivity index (χ3v) is 24.2. The summed E-state index contributed by atoms with van der Waals surface area (Å²) in [5.41, 5.74) is 47.3. The molecule has 0 amide bonds. The Morgan fingerprint density at radius 1 is 0.250 bits per heavy atom. The van der Waals surface area contributed by atoms with Crippen LogP contribution in [-0.2, 0) is 34.6 Å². The molecule has 572 valence electrons. The van der Waals surface area contributed by atoms with E-state index in [4.69, 9.17) is 0 Å². The summed E-state index contributed by atoms with van der Waals surface area (Å²) in [5, 5.41) is 0. The SMILES string of the molecule is Cc1c[n+](C)c(-c2cc(-c3ccccc3C)c(C)cc2C)cc1CC(C)(C)C.Cc1ccccc1-c1cc(-c2cc(C3CCCC3)c(C)c[n+]2C)c(C)cc1C.Cc1ccccc1-c1cc(-c2cc(C3CCCCC3)c(C)c[n+]2C)c(C)cc1C.Cc1ccccc1-c1ccc(C)c(-c2cc(-c3ccccc3)cc[n+]2C)c1. The zero-order chi connectivity index (χ0) is 79.8. The van der Waals surface area contributed by atoms with Crippen LogP contribution in [0.1, 0.15) is 185 Å². The molecule has 4 nitrogen and oxygen atoms in total. The van der Waals surface area contributed by atoms with E-state index in [1.165, 1.54) is 242 Å². The van der Waals surface area contributed by atoms with Gasteiger partial charge in [-0.3, -0.25) is 0 Å². The normalized spacial score (nSPS) is 13.0. The van der Waals surface area contributed by atoms with Crippen LogP contribution in [0.4, 0.5) is 0 Å². The minimum atomic E-state index is 0.274. The van der Waals surface area contributed by atoms with Crippen molar-refractivity contribution in [3.8, 4) is 101 Å². The highest BCUT2D eigenvalue weighted by atomic mass is 14.9. The lowest BCUT2D eigenvalue weighted by atomic mass is 9.82. The van der Waals surface area contributed by atoms with Gasteiger partial charge in [0.15, 0.2) is 24.8 Å². The van der Waals surface area contributed by atoms with Gasteiger partial charge in [-0.15, -0.1) is 0 Å². The molecule has 0 radical (unpaired) electrons. The number of pyridine rings is 4. The maximum absolute atomic E-state index is 2.49. The van der Waals surface area contributed by atoms with Gasteiger partial charge >= 0.3 is 0 Å². The first kappa shape index (κ1) is 81.1. The minimum absolute atomic E-state index is 0.274. The molecule has 2 saturated carbocycles. The van der Waals surface area contributed by atoms with Gasteiger partial charge in [0.05, 0.1) is 0 Å². The summed E-state index contributed by atoms with van der Waals surface area (Å²) in [6.45, 7) is 38.1. The lowest BCUT2D eigenvalue weighted by Crippen LogP contribution is -2.32. The van der Waals surface area contributed by atoms with Crippen LogP contribution in [0.25, 0.3) is 101 Å². The first-order chi connectivity index (χ1) is 53.6. The second-order valence-electron chi connectivity index (χ2n) is 34.4. The van der Waals surface area contributed by atoms with Crippen LogP contribution < -0.4 is 18.3 Å². The fourth-order valence-electron chi connectivity index (χ4n) is 18.0. The first-order valence-electron chi connectivity index (χ1n) is 41.4. The average Bonchev–Trinajstić information content (AvgIpc) is 0.895. The molecule has 13 aromatic rings. The van der Waals surface area contributed by atoms with E-state index in [1.807, 2.05) is 0 Å². The standard InChI is InChI=1S/C28H34N.C27H32N.C27H34N.C26H24N/c1-19-11-9-10-14-24(19)26-16-27(21(3)15-20(26)2)28-17-25(22(4)18-29(28)5)23-12-7-6-8-13-23;1-18-10-6-9-13-23(18)25-15-26(20(3)14-19(25)2)27-16-24(21(4)17-28(27)5)22-11-7-8-12-22;1-18-11-9-10-12-23(18)24-15-25(20(3)13-19(24)2)26-14-22(16-27(5,6)7)21(4)17-28(26)8;1-19-9-7-8-12-24(19)23-14-13-20(2)25(17-23)26-18-22(15-16-27(26)3)21-10-5-4-6-11-21/h9-11,14-18,23H,6-8,12-13H2,1-5H3;6,9-10,13-17,22H,7-8,11-12H2,1-5H3;9-15,17H,16H2,1-8H3;4-18H,1-3H3/q4*+1. The molecular formula is C108H124N4+4. The number of hydrogen-bond acceptors (Lipinski definition) is 0. The van der Waals surface area contributed by atoms with Crippen molar-refractivity contribution in [2.75, 3.05) is 0 Å². The number of aryl methyl sites for hydroxylation is 18. The lowest BCUT2D eigenvalue weighted by molar-refractivity contribution is -0.661. The average molecular weight is 1480 g/mol. The number of hydrogen-bond donors (Lipinski definition) is 0. The van der Waals surface area contributed by atoms with E-state index in [-0.39, 0.29) is 5.41 Å². The van der Waals surface area contributed by atoms with Crippen molar-refractivity contribution in [3.05, 3.63) is 332 Å². The number of benzene rings is 9. The molecule has 9 aromatic carbocycles. The smallest absolute Gasteiger partial charge is 0.201 e. The molecule has 0 atom stereocenters. The second-order valence-corrected chi connectivity index (χ2v) is 34.4. The summed E-state index contributed by atoms with van der Waals surface area (Å²) in [6, 6.07) is 78.1. The zero-order valence-electron chi connectivity index (χ0n) is 71.5. The Hall–Kier alpha value is -10.4. The fraction of sp³-hybridized carbons (Fsp3) is 0.315. The summed E-state index contributed by atoms with van der Waals surface area (Å²) in [7, 11) is 8.66. The Morgan fingerprint density at radius 2 is 0.589 bits per heavy atom. The number of aromatic nitrogens is 4. The minimum Gasteiger partial charge on any atom is -0.201 e. The predicted octanol–water partition coefficient (Wildman–Crippen LogP) is 26.7. The van der Waals surface area contributed by atoms with Crippen LogP contribution in [0.3, 0.4) is 0 Å². The van der Waals surface area contributed by atoms with Crippen molar-refractivity contribution in [2.24, 2.45) is 33.6 Å². The van der Waals surface area contributed by atoms with Crippen LogP contribution in [0.2, 0.25) is 0 Å². The van der Waals surface area contributed by atoms with Crippen molar-refractivity contribution in [3.63, 3.8) is 0 Å². The summed E-state index contributed by atoms with van der Waals surface area (Å²) in [5.74, 6) is 1.46. The van der Waals surface area contributed by atoms with Crippen molar-refractivity contribution in [1.29, 1.82) is 0 Å². The molecule has 0 N–H and O–H groups in total. The molecule has 0 unspecified atom stereocenters. The van der Waals surface area contributed by atoms with Gasteiger partial charge in [0.1, 0.15) is 28.2 Å². The molecule has 0 spiro atoms. The van der Waals surface area contributed by atoms with Crippen LogP contribution in [0.15, 0.2) is 237 Å². The Kier molecular flexibility index (Phi) is 25.7. The highest BCUT2D eigenvalue weighted by Crippen LogP contribution is 2.42. The quantitative estimate of drug-likeness (QED) is 0.108. The van der Waals surface area contributed by atoms with Gasteiger partial charge in [0.2, 0.25) is 22.8 Å². The molecule has 4 heteroatoms. The van der Waals surface area contributed by atoms with Gasteiger partial charge < -0.3 is 0 Å². The van der Waals surface area contributed by atoms with Crippen molar-refractivity contribution in [1.82, 2.24) is 0 Å². The van der Waals surface area contributed by atoms with Crippen molar-refractivity contribution < 1.29 is 18.3 Å². The summed E-state index contributed by atoms with van der Waals surface area (Å²) in [4.78, 5) is 0. The maximum atomic E-state index is 2.49. The van der Waals surface area contributed by atoms with E-state index in [9.17, 15) is 0 Å².